The SMILES string of the molecule is CC(C)C1c2ncn(CCN(C)C)c2CCN1C(=O)O. The van der Waals surface area contributed by atoms with Crippen molar-refractivity contribution in [2.75, 3.05) is 27.2 Å². The summed E-state index contributed by atoms with van der Waals surface area (Å²) in [5.41, 5.74) is 2.13. The van der Waals surface area contributed by atoms with Crippen molar-refractivity contribution >= 4 is 6.09 Å². The summed E-state index contributed by atoms with van der Waals surface area (Å²) in [5.74, 6) is 0.224. The second-order valence-corrected chi connectivity index (χ2v) is 5.99. The van der Waals surface area contributed by atoms with Crippen LogP contribution < -0.4 is 0 Å². The molecule has 0 spiro atoms. The van der Waals surface area contributed by atoms with E-state index in [0.29, 0.717) is 6.54 Å². The number of rotatable bonds is 4. The van der Waals surface area contributed by atoms with Crippen LogP contribution in [-0.4, -0.2) is 57.7 Å². The highest BCUT2D eigenvalue weighted by Crippen LogP contribution is 2.34. The number of hydrogen-bond donors (Lipinski definition) is 1. The minimum absolute atomic E-state index is 0.128. The van der Waals surface area contributed by atoms with Crippen molar-refractivity contribution in [3.05, 3.63) is 17.7 Å². The smallest absolute Gasteiger partial charge is 0.407 e. The summed E-state index contributed by atoms with van der Waals surface area (Å²) >= 11 is 0. The number of amides is 1. The summed E-state index contributed by atoms with van der Waals surface area (Å²) in [4.78, 5) is 19.6. The molecule has 2 heterocycles. The molecule has 0 bridgehead atoms. The second kappa shape index (κ2) is 5.83. The summed E-state index contributed by atoms with van der Waals surface area (Å²) in [6.45, 7) is 6.51. The first-order valence-electron chi connectivity index (χ1n) is 7.10. The molecular formula is C14H24N4O2. The molecule has 2 rings (SSSR count). The van der Waals surface area contributed by atoms with Gasteiger partial charge in [-0.2, -0.15) is 0 Å². The van der Waals surface area contributed by atoms with Crippen molar-refractivity contribution in [2.45, 2.75) is 32.9 Å². The second-order valence-electron chi connectivity index (χ2n) is 5.99. The normalized spacial score (nSPS) is 18.7. The van der Waals surface area contributed by atoms with E-state index in [2.05, 4.69) is 28.3 Å². The van der Waals surface area contributed by atoms with Crippen LogP contribution in [0.3, 0.4) is 0 Å². The summed E-state index contributed by atoms with van der Waals surface area (Å²) < 4.78 is 2.17. The van der Waals surface area contributed by atoms with Gasteiger partial charge in [-0.1, -0.05) is 13.8 Å². The Balaban J connectivity index is 2.28. The zero-order valence-corrected chi connectivity index (χ0v) is 12.7. The Bertz CT molecular complexity index is 482. The number of fused-ring (bicyclic) bond motifs is 1. The van der Waals surface area contributed by atoms with Gasteiger partial charge in [0.15, 0.2) is 0 Å². The molecule has 0 radical (unpaired) electrons. The number of likely N-dealkylation sites (N-methyl/N-ethyl adjacent to an activating group) is 1. The van der Waals surface area contributed by atoms with Gasteiger partial charge in [0.25, 0.3) is 0 Å². The fraction of sp³-hybridized carbons (Fsp3) is 0.714. The maximum atomic E-state index is 11.4. The molecule has 0 saturated heterocycles. The van der Waals surface area contributed by atoms with Crippen LogP contribution in [0, 0.1) is 5.92 Å². The van der Waals surface area contributed by atoms with Gasteiger partial charge in [-0.15, -0.1) is 0 Å². The fourth-order valence-electron chi connectivity index (χ4n) is 2.85. The van der Waals surface area contributed by atoms with Gasteiger partial charge in [0, 0.05) is 31.7 Å². The fourth-order valence-corrected chi connectivity index (χ4v) is 2.85. The van der Waals surface area contributed by atoms with Crippen molar-refractivity contribution < 1.29 is 9.90 Å². The third-order valence-electron chi connectivity index (χ3n) is 3.85. The molecule has 1 amide bonds. The number of carboxylic acid groups (broad SMARTS) is 1. The zero-order chi connectivity index (χ0) is 14.9. The predicted molar refractivity (Wildman–Crippen MR) is 76.8 cm³/mol. The first-order chi connectivity index (χ1) is 9.41. The van der Waals surface area contributed by atoms with Crippen molar-refractivity contribution in [1.82, 2.24) is 19.4 Å². The quantitative estimate of drug-likeness (QED) is 0.911. The molecule has 0 saturated carbocycles. The van der Waals surface area contributed by atoms with Crippen LogP contribution in [0.5, 0.6) is 0 Å². The molecule has 6 heteroatoms. The number of nitrogens with zero attached hydrogens (tertiary/aromatic N) is 4. The van der Waals surface area contributed by atoms with E-state index in [4.69, 9.17) is 0 Å². The molecule has 1 unspecified atom stereocenters. The van der Waals surface area contributed by atoms with Gasteiger partial charge >= 0.3 is 6.09 Å². The van der Waals surface area contributed by atoms with Crippen LogP contribution in [-0.2, 0) is 13.0 Å². The lowest BCUT2D eigenvalue weighted by atomic mass is 9.93. The molecule has 0 fully saturated rings. The molecule has 112 valence electrons. The monoisotopic (exact) mass is 280 g/mol. The first-order valence-corrected chi connectivity index (χ1v) is 7.10. The zero-order valence-electron chi connectivity index (χ0n) is 12.7. The van der Waals surface area contributed by atoms with Crippen LogP contribution >= 0.6 is 0 Å². The Kier molecular flexibility index (Phi) is 4.32. The van der Waals surface area contributed by atoms with Crippen LogP contribution in [0.15, 0.2) is 6.33 Å². The first kappa shape index (κ1) is 14.8. The van der Waals surface area contributed by atoms with Gasteiger partial charge < -0.3 is 14.6 Å². The van der Waals surface area contributed by atoms with E-state index in [1.54, 1.807) is 0 Å². The van der Waals surface area contributed by atoms with Gasteiger partial charge in [0.05, 0.1) is 18.1 Å². The number of aromatic nitrogens is 2. The highest BCUT2D eigenvalue weighted by Gasteiger charge is 2.35. The average Bonchev–Trinajstić information content (AvgIpc) is 2.77. The van der Waals surface area contributed by atoms with E-state index in [0.717, 1.165) is 25.2 Å². The minimum atomic E-state index is -0.850. The molecule has 1 aliphatic heterocycles. The van der Waals surface area contributed by atoms with Crippen molar-refractivity contribution in [2.24, 2.45) is 5.92 Å². The van der Waals surface area contributed by atoms with Gasteiger partial charge in [0.1, 0.15) is 0 Å². The third kappa shape index (κ3) is 2.80. The predicted octanol–water partition coefficient (Wildman–Crippen LogP) is 1.68. The lowest BCUT2D eigenvalue weighted by molar-refractivity contribution is 0.102. The topological polar surface area (TPSA) is 61.6 Å². The molecular weight excluding hydrogens is 256 g/mol. The van der Waals surface area contributed by atoms with E-state index in [-0.39, 0.29) is 12.0 Å². The molecule has 6 nitrogen and oxygen atoms in total. The molecule has 1 aliphatic rings. The van der Waals surface area contributed by atoms with Gasteiger partial charge in [-0.05, 0) is 20.0 Å². The Labute approximate surface area is 120 Å². The Morgan fingerprint density at radius 3 is 2.80 bits per heavy atom. The van der Waals surface area contributed by atoms with Crippen molar-refractivity contribution in [3.63, 3.8) is 0 Å². The average molecular weight is 280 g/mol. The molecule has 1 N–H and O–H groups in total. The van der Waals surface area contributed by atoms with Gasteiger partial charge in [-0.25, -0.2) is 9.78 Å². The Morgan fingerprint density at radius 2 is 2.25 bits per heavy atom. The van der Waals surface area contributed by atoms with E-state index in [1.165, 1.54) is 10.6 Å². The van der Waals surface area contributed by atoms with Crippen molar-refractivity contribution in [1.29, 1.82) is 0 Å². The van der Waals surface area contributed by atoms with Crippen LogP contribution in [0.2, 0.25) is 0 Å². The van der Waals surface area contributed by atoms with Crippen molar-refractivity contribution in [3.8, 4) is 0 Å². The molecule has 0 aliphatic carbocycles. The van der Waals surface area contributed by atoms with E-state index in [9.17, 15) is 9.90 Å². The van der Waals surface area contributed by atoms with Crippen LogP contribution in [0.25, 0.3) is 0 Å². The largest absolute Gasteiger partial charge is 0.465 e. The highest BCUT2D eigenvalue weighted by atomic mass is 16.4. The molecule has 20 heavy (non-hydrogen) atoms. The third-order valence-corrected chi connectivity index (χ3v) is 3.85. The van der Waals surface area contributed by atoms with Gasteiger partial charge in [-0.3, -0.25) is 4.90 Å². The lowest BCUT2D eigenvalue weighted by Crippen LogP contribution is -2.42. The van der Waals surface area contributed by atoms with Gasteiger partial charge in [0.2, 0.25) is 0 Å². The maximum Gasteiger partial charge on any atom is 0.407 e. The minimum Gasteiger partial charge on any atom is -0.465 e. The number of hydrogen-bond acceptors (Lipinski definition) is 3. The van der Waals surface area contributed by atoms with E-state index < -0.39 is 6.09 Å². The summed E-state index contributed by atoms with van der Waals surface area (Å²) in [6.07, 6.45) is 1.75. The lowest BCUT2D eigenvalue weighted by Gasteiger charge is -2.35. The highest BCUT2D eigenvalue weighted by molar-refractivity contribution is 5.66. The molecule has 1 aromatic heterocycles. The Hall–Kier alpha value is -1.56. The number of imidazole rings is 1. The van der Waals surface area contributed by atoms with Crippen LogP contribution in [0.1, 0.15) is 31.3 Å². The van der Waals surface area contributed by atoms with E-state index in [1.807, 2.05) is 20.4 Å². The number of carbonyl (C=O) groups is 1. The molecule has 1 atom stereocenters. The summed E-state index contributed by atoms with van der Waals surface area (Å²) in [7, 11) is 4.10. The van der Waals surface area contributed by atoms with Crippen LogP contribution in [0.4, 0.5) is 4.79 Å². The molecule has 0 aromatic carbocycles. The standard InChI is InChI=1S/C14H24N4O2/c1-10(2)13-12-11(5-6-18(13)14(19)20)17(9-15-12)8-7-16(3)4/h9-10,13H,5-8H2,1-4H3,(H,19,20). The van der Waals surface area contributed by atoms with E-state index >= 15 is 0 Å². The summed E-state index contributed by atoms with van der Waals surface area (Å²) in [6, 6.07) is -0.128. The Morgan fingerprint density at radius 1 is 1.55 bits per heavy atom. The molecule has 1 aromatic rings. The summed E-state index contributed by atoms with van der Waals surface area (Å²) in [5, 5.41) is 9.35. The maximum absolute atomic E-state index is 11.4.